The van der Waals surface area contributed by atoms with E-state index in [4.69, 9.17) is 21.1 Å². The van der Waals surface area contributed by atoms with Crippen molar-refractivity contribution < 1.29 is 9.47 Å². The summed E-state index contributed by atoms with van der Waals surface area (Å²) < 4.78 is 11.9. The molecule has 0 radical (unpaired) electrons. The second-order valence-corrected chi connectivity index (χ2v) is 7.79. The normalized spacial score (nSPS) is 20.5. The number of nitrogens with zero attached hydrogens (tertiary/aromatic N) is 2. The van der Waals surface area contributed by atoms with Gasteiger partial charge >= 0.3 is 0 Å². The number of para-hydroxylation sites is 2. The molecule has 0 fully saturated rings. The molecule has 3 aromatic rings. The van der Waals surface area contributed by atoms with Crippen LogP contribution >= 0.6 is 22.9 Å². The summed E-state index contributed by atoms with van der Waals surface area (Å²) in [5.41, 5.74) is 3.21. The number of fused-ring (bicyclic) bond motifs is 2. The Balaban J connectivity index is 1.50. The second kappa shape index (κ2) is 6.51. The maximum absolute atomic E-state index is 6.38. The van der Waals surface area contributed by atoms with Gasteiger partial charge in [0.05, 0.1) is 21.1 Å². The molecule has 2 unspecified atom stereocenters. The van der Waals surface area contributed by atoms with Crippen molar-refractivity contribution >= 4 is 46.1 Å². The number of ether oxygens (including phenoxy) is 2. The summed E-state index contributed by atoms with van der Waals surface area (Å²) in [5.74, 6) is 1.14. The van der Waals surface area contributed by atoms with E-state index in [1.54, 1.807) is 0 Å². The molecular weight excluding hydrogens is 380 g/mol. The molecule has 6 heteroatoms. The SMILES string of the molecule is CC1OC(c2ccc(C3=Nc4ccccc4C(Cl)O3)s2)=Nc2ccccc21. The van der Waals surface area contributed by atoms with E-state index < -0.39 is 5.56 Å². The van der Waals surface area contributed by atoms with Crippen LogP contribution in [0.15, 0.2) is 70.6 Å². The Kier molecular flexibility index (Phi) is 3.99. The first-order valence-corrected chi connectivity index (χ1v) is 9.87. The molecule has 2 aromatic carbocycles. The van der Waals surface area contributed by atoms with Crippen molar-refractivity contribution in [2.24, 2.45) is 9.98 Å². The Hall–Kier alpha value is -2.63. The lowest BCUT2D eigenvalue weighted by molar-refractivity contribution is 0.209. The first-order chi connectivity index (χ1) is 13.2. The molecule has 0 spiro atoms. The highest BCUT2D eigenvalue weighted by Gasteiger charge is 2.26. The highest BCUT2D eigenvalue weighted by Crippen LogP contribution is 2.38. The molecule has 0 bridgehead atoms. The summed E-state index contributed by atoms with van der Waals surface area (Å²) in [5, 5.41) is 0. The van der Waals surface area contributed by atoms with Crippen LogP contribution in [0.3, 0.4) is 0 Å². The third-order valence-corrected chi connectivity index (χ3v) is 5.92. The van der Waals surface area contributed by atoms with E-state index in [9.17, 15) is 0 Å². The molecule has 134 valence electrons. The Morgan fingerprint density at radius 3 is 2.04 bits per heavy atom. The van der Waals surface area contributed by atoms with Gasteiger partial charge in [0.25, 0.3) is 0 Å². The van der Waals surface area contributed by atoms with E-state index in [0.29, 0.717) is 11.8 Å². The van der Waals surface area contributed by atoms with E-state index in [1.165, 1.54) is 11.3 Å². The molecule has 5 rings (SSSR count). The van der Waals surface area contributed by atoms with Gasteiger partial charge in [-0.3, -0.25) is 0 Å². The van der Waals surface area contributed by atoms with Crippen LogP contribution in [0.25, 0.3) is 0 Å². The van der Waals surface area contributed by atoms with Gasteiger partial charge in [0.1, 0.15) is 6.10 Å². The number of hydrogen-bond acceptors (Lipinski definition) is 5. The molecule has 2 aliphatic heterocycles. The van der Waals surface area contributed by atoms with Crippen molar-refractivity contribution in [2.75, 3.05) is 0 Å². The van der Waals surface area contributed by atoms with E-state index in [-0.39, 0.29) is 6.10 Å². The summed E-state index contributed by atoms with van der Waals surface area (Å²) in [6.07, 6.45) is -0.0402. The van der Waals surface area contributed by atoms with Crippen LogP contribution in [0.5, 0.6) is 0 Å². The van der Waals surface area contributed by atoms with Crippen LogP contribution in [-0.2, 0) is 9.47 Å². The first-order valence-electron chi connectivity index (χ1n) is 8.62. The average molecular weight is 395 g/mol. The number of halogens is 1. The van der Waals surface area contributed by atoms with E-state index in [0.717, 1.165) is 32.3 Å². The fraction of sp³-hybridized carbons (Fsp3) is 0.143. The molecular formula is C21H15ClN2O2S. The van der Waals surface area contributed by atoms with Crippen molar-refractivity contribution in [3.8, 4) is 0 Å². The molecule has 2 aliphatic rings. The Morgan fingerprint density at radius 2 is 1.33 bits per heavy atom. The molecule has 4 nitrogen and oxygen atoms in total. The van der Waals surface area contributed by atoms with Gasteiger partial charge in [-0.1, -0.05) is 48.0 Å². The largest absolute Gasteiger partial charge is 0.469 e. The van der Waals surface area contributed by atoms with Gasteiger partial charge < -0.3 is 9.47 Å². The molecule has 0 aliphatic carbocycles. The maximum atomic E-state index is 6.38. The molecule has 0 amide bonds. The number of alkyl halides is 1. The number of benzene rings is 2. The molecule has 0 saturated heterocycles. The predicted octanol–water partition coefficient (Wildman–Crippen LogP) is 6.26. The summed E-state index contributed by atoms with van der Waals surface area (Å²) >= 11 is 7.90. The minimum absolute atomic E-state index is 0.0402. The predicted molar refractivity (Wildman–Crippen MR) is 109 cm³/mol. The number of rotatable bonds is 2. The Labute approximate surface area is 165 Å². The topological polar surface area (TPSA) is 43.2 Å². The van der Waals surface area contributed by atoms with Gasteiger partial charge in [-0.05, 0) is 31.2 Å². The highest BCUT2D eigenvalue weighted by atomic mass is 35.5. The van der Waals surface area contributed by atoms with Gasteiger partial charge in [0.15, 0.2) is 0 Å². The minimum atomic E-state index is -0.547. The zero-order chi connectivity index (χ0) is 18.4. The van der Waals surface area contributed by atoms with Crippen LogP contribution in [0.2, 0.25) is 0 Å². The lowest BCUT2D eigenvalue weighted by atomic mass is 10.1. The summed E-state index contributed by atoms with van der Waals surface area (Å²) in [4.78, 5) is 11.1. The zero-order valence-electron chi connectivity index (χ0n) is 14.4. The van der Waals surface area contributed by atoms with E-state index in [2.05, 4.69) is 9.98 Å². The molecule has 27 heavy (non-hydrogen) atoms. The molecule has 2 atom stereocenters. The number of aliphatic imine (C=N–C) groups is 2. The summed E-state index contributed by atoms with van der Waals surface area (Å²) in [6, 6.07) is 19.7. The number of hydrogen-bond donors (Lipinski definition) is 0. The summed E-state index contributed by atoms with van der Waals surface area (Å²) in [6.45, 7) is 2.03. The minimum Gasteiger partial charge on any atom is -0.469 e. The third-order valence-electron chi connectivity index (χ3n) is 4.53. The van der Waals surface area contributed by atoms with Gasteiger partial charge in [-0.2, -0.15) is 0 Å². The van der Waals surface area contributed by atoms with Crippen molar-refractivity contribution in [1.29, 1.82) is 0 Å². The first kappa shape index (κ1) is 16.5. The van der Waals surface area contributed by atoms with Crippen LogP contribution in [0, 0.1) is 0 Å². The fourth-order valence-electron chi connectivity index (χ4n) is 3.17. The van der Waals surface area contributed by atoms with Crippen LogP contribution in [0.1, 0.15) is 39.5 Å². The lowest BCUT2D eigenvalue weighted by Crippen LogP contribution is -2.13. The molecule has 0 N–H and O–H groups in total. The molecule has 1 aromatic heterocycles. The number of thiophene rings is 1. The lowest BCUT2D eigenvalue weighted by Gasteiger charge is -2.22. The smallest absolute Gasteiger partial charge is 0.233 e. The zero-order valence-corrected chi connectivity index (χ0v) is 16.0. The maximum Gasteiger partial charge on any atom is 0.233 e. The second-order valence-electron chi connectivity index (χ2n) is 6.31. The molecule has 3 heterocycles. The highest BCUT2D eigenvalue weighted by molar-refractivity contribution is 7.16. The van der Waals surface area contributed by atoms with E-state index in [1.807, 2.05) is 67.6 Å². The monoisotopic (exact) mass is 394 g/mol. The summed E-state index contributed by atoms with van der Waals surface area (Å²) in [7, 11) is 0. The van der Waals surface area contributed by atoms with Gasteiger partial charge in [0.2, 0.25) is 17.4 Å². The van der Waals surface area contributed by atoms with Crippen LogP contribution < -0.4 is 0 Å². The van der Waals surface area contributed by atoms with Gasteiger partial charge in [0, 0.05) is 11.1 Å². The Bertz CT molecular complexity index is 1010. The van der Waals surface area contributed by atoms with Crippen molar-refractivity contribution in [3.63, 3.8) is 0 Å². The molecule has 0 saturated carbocycles. The standard InChI is InChI=1S/C21H15ClN2O2S/c1-12-13-6-2-4-8-15(13)23-20(25-12)17-10-11-18(27-17)21-24-16-9-5-3-7-14(16)19(22)26-21/h2-12,19H,1H3. The van der Waals surface area contributed by atoms with Crippen molar-refractivity contribution in [3.05, 3.63) is 81.5 Å². The average Bonchev–Trinajstić information content (AvgIpc) is 3.18. The fourth-order valence-corrected chi connectivity index (χ4v) is 4.31. The van der Waals surface area contributed by atoms with Crippen molar-refractivity contribution in [2.45, 2.75) is 18.6 Å². The quantitative estimate of drug-likeness (QED) is 0.481. The van der Waals surface area contributed by atoms with E-state index >= 15 is 0 Å². The Morgan fingerprint density at radius 1 is 0.778 bits per heavy atom. The van der Waals surface area contributed by atoms with Gasteiger partial charge in [-0.25, -0.2) is 9.98 Å². The van der Waals surface area contributed by atoms with Crippen LogP contribution in [-0.4, -0.2) is 11.8 Å². The third kappa shape index (κ3) is 2.93. The van der Waals surface area contributed by atoms with Crippen molar-refractivity contribution in [1.82, 2.24) is 0 Å². The van der Waals surface area contributed by atoms with Crippen LogP contribution in [0.4, 0.5) is 11.4 Å². The van der Waals surface area contributed by atoms with Gasteiger partial charge in [-0.15, -0.1) is 11.3 Å².